The minimum atomic E-state index is -0.180. The third-order valence-corrected chi connectivity index (χ3v) is 2.75. The van der Waals surface area contributed by atoms with Crippen molar-refractivity contribution in [2.45, 2.75) is 6.54 Å². The number of para-hydroxylation sites is 1. The van der Waals surface area contributed by atoms with Gasteiger partial charge < -0.3 is 9.72 Å². The normalized spacial score (nSPS) is 10.7. The van der Waals surface area contributed by atoms with E-state index in [0.29, 0.717) is 24.2 Å². The van der Waals surface area contributed by atoms with Crippen LogP contribution in [0.25, 0.3) is 11.0 Å². The van der Waals surface area contributed by atoms with Crippen LogP contribution in [-0.2, 0) is 6.54 Å². The predicted molar refractivity (Wildman–Crippen MR) is 70.1 cm³/mol. The van der Waals surface area contributed by atoms with Crippen molar-refractivity contribution in [2.24, 2.45) is 0 Å². The SMILES string of the molecule is O=c1[nH]cnc2c1cnn2CCOc1ccccc1. The second kappa shape index (κ2) is 4.93. The van der Waals surface area contributed by atoms with Crippen LogP contribution in [0.15, 0.2) is 47.7 Å². The maximum Gasteiger partial charge on any atom is 0.261 e. The summed E-state index contributed by atoms with van der Waals surface area (Å²) < 4.78 is 7.24. The fourth-order valence-corrected chi connectivity index (χ4v) is 1.84. The Hall–Kier alpha value is -2.63. The quantitative estimate of drug-likeness (QED) is 0.761. The number of rotatable bonds is 4. The molecule has 0 spiro atoms. The Morgan fingerprint density at radius 2 is 2.11 bits per heavy atom. The summed E-state index contributed by atoms with van der Waals surface area (Å²) in [6.07, 6.45) is 2.89. The van der Waals surface area contributed by atoms with E-state index < -0.39 is 0 Å². The highest BCUT2D eigenvalue weighted by molar-refractivity contribution is 5.72. The van der Waals surface area contributed by atoms with E-state index in [9.17, 15) is 4.79 Å². The first-order valence-corrected chi connectivity index (χ1v) is 5.91. The van der Waals surface area contributed by atoms with E-state index in [4.69, 9.17) is 4.74 Å². The molecule has 3 rings (SSSR count). The van der Waals surface area contributed by atoms with E-state index in [0.717, 1.165) is 5.75 Å². The lowest BCUT2D eigenvalue weighted by Crippen LogP contribution is -2.11. The molecule has 0 aliphatic carbocycles. The van der Waals surface area contributed by atoms with Gasteiger partial charge in [0.25, 0.3) is 5.56 Å². The molecule has 0 unspecified atom stereocenters. The Kier molecular flexibility index (Phi) is 2.97. The predicted octanol–water partition coefficient (Wildman–Crippen LogP) is 1.20. The van der Waals surface area contributed by atoms with Gasteiger partial charge >= 0.3 is 0 Å². The number of benzene rings is 1. The molecule has 6 heteroatoms. The zero-order valence-electron chi connectivity index (χ0n) is 10.1. The fraction of sp³-hybridized carbons (Fsp3) is 0.154. The van der Waals surface area contributed by atoms with Crippen molar-refractivity contribution < 1.29 is 4.74 Å². The Bertz CT molecular complexity index is 733. The minimum Gasteiger partial charge on any atom is -0.492 e. The molecule has 2 aromatic heterocycles. The van der Waals surface area contributed by atoms with E-state index in [1.165, 1.54) is 12.5 Å². The minimum absolute atomic E-state index is 0.180. The lowest BCUT2D eigenvalue weighted by molar-refractivity contribution is 0.293. The van der Waals surface area contributed by atoms with Crippen LogP contribution in [0.4, 0.5) is 0 Å². The first-order chi connectivity index (χ1) is 9.34. The van der Waals surface area contributed by atoms with Crippen molar-refractivity contribution in [2.75, 3.05) is 6.61 Å². The summed E-state index contributed by atoms with van der Waals surface area (Å²) in [6.45, 7) is 1.00. The number of fused-ring (bicyclic) bond motifs is 1. The van der Waals surface area contributed by atoms with Crippen molar-refractivity contribution in [3.8, 4) is 5.75 Å². The van der Waals surface area contributed by atoms with E-state index in [1.54, 1.807) is 4.68 Å². The highest BCUT2D eigenvalue weighted by atomic mass is 16.5. The summed E-state index contributed by atoms with van der Waals surface area (Å²) >= 11 is 0. The van der Waals surface area contributed by atoms with Gasteiger partial charge in [0.1, 0.15) is 17.7 Å². The molecule has 0 amide bonds. The molecule has 0 saturated heterocycles. The van der Waals surface area contributed by atoms with Crippen LogP contribution in [0.2, 0.25) is 0 Å². The van der Waals surface area contributed by atoms with Crippen LogP contribution in [0.5, 0.6) is 5.75 Å². The molecule has 0 radical (unpaired) electrons. The van der Waals surface area contributed by atoms with Gasteiger partial charge in [0, 0.05) is 0 Å². The molecule has 2 heterocycles. The van der Waals surface area contributed by atoms with Gasteiger partial charge in [-0.05, 0) is 12.1 Å². The maximum atomic E-state index is 11.5. The molecule has 1 N–H and O–H groups in total. The smallest absolute Gasteiger partial charge is 0.261 e. The topological polar surface area (TPSA) is 72.8 Å². The van der Waals surface area contributed by atoms with Crippen LogP contribution < -0.4 is 10.3 Å². The first-order valence-electron chi connectivity index (χ1n) is 5.91. The molecular formula is C13H12N4O2. The van der Waals surface area contributed by atoms with Crippen LogP contribution in [0.3, 0.4) is 0 Å². The highest BCUT2D eigenvalue weighted by Gasteiger charge is 2.06. The molecule has 0 saturated carbocycles. The molecule has 96 valence electrons. The van der Waals surface area contributed by atoms with Gasteiger partial charge in [-0.15, -0.1) is 0 Å². The number of hydrogen-bond acceptors (Lipinski definition) is 4. The van der Waals surface area contributed by atoms with Gasteiger partial charge in [-0.2, -0.15) is 5.10 Å². The third-order valence-electron chi connectivity index (χ3n) is 2.75. The standard InChI is InChI=1S/C13H12N4O2/c18-13-11-8-16-17(12(11)14-9-15-13)6-7-19-10-4-2-1-3-5-10/h1-5,8-9H,6-7H2,(H,14,15,18). The number of nitrogens with zero attached hydrogens (tertiary/aromatic N) is 3. The average molecular weight is 256 g/mol. The monoisotopic (exact) mass is 256 g/mol. The molecule has 1 aromatic carbocycles. The zero-order chi connectivity index (χ0) is 13.1. The lowest BCUT2D eigenvalue weighted by Gasteiger charge is -2.06. The Balaban J connectivity index is 1.72. The van der Waals surface area contributed by atoms with Crippen molar-refractivity contribution in [3.05, 3.63) is 53.2 Å². The number of nitrogens with one attached hydrogen (secondary N) is 1. The summed E-state index contributed by atoms with van der Waals surface area (Å²) in [6, 6.07) is 9.55. The molecule has 6 nitrogen and oxygen atoms in total. The number of aromatic amines is 1. The lowest BCUT2D eigenvalue weighted by atomic mass is 10.3. The first kappa shape index (κ1) is 11.5. The van der Waals surface area contributed by atoms with Crippen molar-refractivity contribution in [3.63, 3.8) is 0 Å². The van der Waals surface area contributed by atoms with E-state index in [2.05, 4.69) is 15.1 Å². The van der Waals surface area contributed by atoms with Gasteiger partial charge in [-0.1, -0.05) is 18.2 Å². The van der Waals surface area contributed by atoms with E-state index in [-0.39, 0.29) is 5.56 Å². The molecule has 3 aromatic rings. The van der Waals surface area contributed by atoms with Gasteiger partial charge in [0.05, 0.1) is 19.1 Å². The third kappa shape index (κ3) is 2.33. The van der Waals surface area contributed by atoms with Crippen LogP contribution in [0, 0.1) is 0 Å². The molecule has 0 bridgehead atoms. The number of hydrogen-bond donors (Lipinski definition) is 1. The van der Waals surface area contributed by atoms with Gasteiger partial charge in [-0.25, -0.2) is 9.67 Å². The number of ether oxygens (including phenoxy) is 1. The van der Waals surface area contributed by atoms with Gasteiger partial charge in [0.2, 0.25) is 0 Å². The average Bonchev–Trinajstić information content (AvgIpc) is 2.85. The van der Waals surface area contributed by atoms with Gasteiger partial charge in [0.15, 0.2) is 5.65 Å². The second-order valence-corrected chi connectivity index (χ2v) is 4.00. The van der Waals surface area contributed by atoms with Crippen LogP contribution >= 0.6 is 0 Å². The van der Waals surface area contributed by atoms with Crippen LogP contribution in [0.1, 0.15) is 0 Å². The van der Waals surface area contributed by atoms with Crippen molar-refractivity contribution in [1.82, 2.24) is 19.7 Å². The van der Waals surface area contributed by atoms with Crippen molar-refractivity contribution >= 4 is 11.0 Å². The molecule has 0 aliphatic heterocycles. The number of H-pyrrole nitrogens is 1. The summed E-state index contributed by atoms with van der Waals surface area (Å²) in [7, 11) is 0. The highest BCUT2D eigenvalue weighted by Crippen LogP contribution is 2.09. The molecule has 0 aliphatic rings. The second-order valence-electron chi connectivity index (χ2n) is 4.00. The number of aromatic nitrogens is 4. The zero-order valence-corrected chi connectivity index (χ0v) is 10.1. The van der Waals surface area contributed by atoms with Crippen molar-refractivity contribution in [1.29, 1.82) is 0 Å². The Labute approximate surface area is 108 Å². The largest absolute Gasteiger partial charge is 0.492 e. The molecule has 19 heavy (non-hydrogen) atoms. The summed E-state index contributed by atoms with van der Waals surface area (Å²) in [5.74, 6) is 0.810. The maximum absolute atomic E-state index is 11.5. The molecular weight excluding hydrogens is 244 g/mol. The van der Waals surface area contributed by atoms with Crippen LogP contribution in [-0.4, -0.2) is 26.4 Å². The molecule has 0 fully saturated rings. The van der Waals surface area contributed by atoms with E-state index >= 15 is 0 Å². The van der Waals surface area contributed by atoms with E-state index in [1.807, 2.05) is 30.3 Å². The summed E-state index contributed by atoms with van der Waals surface area (Å²) in [5, 5.41) is 4.63. The van der Waals surface area contributed by atoms with Gasteiger partial charge in [-0.3, -0.25) is 4.79 Å². The summed E-state index contributed by atoms with van der Waals surface area (Å²) in [5.41, 5.74) is 0.389. The Morgan fingerprint density at radius 3 is 2.95 bits per heavy atom. The fourth-order valence-electron chi connectivity index (χ4n) is 1.84. The Morgan fingerprint density at radius 1 is 1.26 bits per heavy atom. The summed E-state index contributed by atoms with van der Waals surface area (Å²) in [4.78, 5) is 18.1. The molecule has 0 atom stereocenters.